The van der Waals surface area contributed by atoms with Crippen LogP contribution in [0.2, 0.25) is 0 Å². The molecule has 35 heavy (non-hydrogen) atoms. The van der Waals surface area contributed by atoms with Gasteiger partial charge in [-0.15, -0.1) is 0 Å². The standard InChI is InChI=1S/C26H25F2N3O3S/c1-26(2,3)18-12-20(31-13-19(27)24(32)29-25(31)33)22(28)21(23(18)34-4)16-7-6-15-11-17(30-35-5)9-8-14(15)10-16/h6-13,30H,1-5H3,(H,29,32,33). The second-order valence-corrected chi connectivity index (χ2v) is 9.72. The van der Waals surface area contributed by atoms with Crippen molar-refractivity contribution in [3.8, 4) is 22.6 Å². The molecule has 1 heterocycles. The van der Waals surface area contributed by atoms with Gasteiger partial charge in [0.05, 0.1) is 24.6 Å². The molecule has 0 aliphatic carbocycles. The van der Waals surface area contributed by atoms with Crippen molar-refractivity contribution in [3.05, 3.63) is 86.7 Å². The van der Waals surface area contributed by atoms with Gasteiger partial charge in [-0.3, -0.25) is 14.3 Å². The molecule has 1 aromatic heterocycles. The van der Waals surface area contributed by atoms with Gasteiger partial charge in [0.15, 0.2) is 5.82 Å². The molecule has 4 rings (SSSR count). The van der Waals surface area contributed by atoms with Crippen molar-refractivity contribution < 1.29 is 13.5 Å². The Labute approximate surface area is 205 Å². The number of aromatic nitrogens is 2. The Morgan fingerprint density at radius 2 is 1.71 bits per heavy atom. The van der Waals surface area contributed by atoms with Gasteiger partial charge >= 0.3 is 5.69 Å². The third-order valence-corrected chi connectivity index (χ3v) is 6.16. The lowest BCUT2D eigenvalue weighted by Crippen LogP contribution is -2.31. The fourth-order valence-corrected chi connectivity index (χ4v) is 4.40. The zero-order valence-electron chi connectivity index (χ0n) is 20.0. The van der Waals surface area contributed by atoms with Gasteiger partial charge in [0.1, 0.15) is 5.75 Å². The average molecular weight is 498 g/mol. The molecule has 0 aliphatic heterocycles. The number of nitrogens with one attached hydrogen (secondary N) is 2. The van der Waals surface area contributed by atoms with Crippen LogP contribution in [0.5, 0.6) is 5.75 Å². The molecule has 0 atom stereocenters. The van der Waals surface area contributed by atoms with E-state index in [2.05, 4.69) is 4.72 Å². The minimum absolute atomic E-state index is 0.140. The fourth-order valence-electron chi connectivity index (χ4n) is 4.04. The lowest BCUT2D eigenvalue weighted by atomic mass is 9.83. The van der Waals surface area contributed by atoms with Gasteiger partial charge in [-0.2, -0.15) is 4.39 Å². The Hall–Kier alpha value is -3.59. The molecule has 0 bridgehead atoms. The van der Waals surface area contributed by atoms with E-state index in [4.69, 9.17) is 4.74 Å². The Balaban J connectivity index is 2.05. The first-order chi connectivity index (χ1) is 16.5. The van der Waals surface area contributed by atoms with Crippen LogP contribution in [-0.2, 0) is 5.41 Å². The van der Waals surface area contributed by atoms with Crippen molar-refractivity contribution in [1.82, 2.24) is 9.55 Å². The summed E-state index contributed by atoms with van der Waals surface area (Å²) in [7, 11) is 1.46. The second-order valence-electron chi connectivity index (χ2n) is 9.10. The third-order valence-electron chi connectivity index (χ3n) is 5.72. The summed E-state index contributed by atoms with van der Waals surface area (Å²) >= 11 is 1.48. The first kappa shape index (κ1) is 24.5. The summed E-state index contributed by atoms with van der Waals surface area (Å²) in [6.45, 7) is 5.77. The lowest BCUT2D eigenvalue weighted by molar-refractivity contribution is 0.396. The van der Waals surface area contributed by atoms with Crippen molar-refractivity contribution in [2.45, 2.75) is 26.2 Å². The molecule has 0 fully saturated rings. The second kappa shape index (κ2) is 9.22. The first-order valence-corrected chi connectivity index (χ1v) is 12.0. The Kier molecular flexibility index (Phi) is 6.46. The Morgan fingerprint density at radius 3 is 2.37 bits per heavy atom. The number of fused-ring (bicyclic) bond motifs is 1. The number of hydrogen-bond donors (Lipinski definition) is 2. The van der Waals surface area contributed by atoms with Gasteiger partial charge in [0.2, 0.25) is 5.82 Å². The molecular weight excluding hydrogens is 472 g/mol. The van der Waals surface area contributed by atoms with Gasteiger partial charge in [0, 0.05) is 17.5 Å². The van der Waals surface area contributed by atoms with Crippen LogP contribution in [0.25, 0.3) is 27.6 Å². The summed E-state index contributed by atoms with van der Waals surface area (Å²) in [6, 6.07) is 12.8. The van der Waals surface area contributed by atoms with Crippen molar-refractivity contribution in [1.29, 1.82) is 0 Å². The maximum absolute atomic E-state index is 16.2. The third kappa shape index (κ3) is 4.55. The van der Waals surface area contributed by atoms with Crippen LogP contribution >= 0.6 is 11.9 Å². The average Bonchev–Trinajstić information content (AvgIpc) is 2.80. The van der Waals surface area contributed by atoms with E-state index >= 15 is 4.39 Å². The summed E-state index contributed by atoms with van der Waals surface area (Å²) in [5.74, 6) is -1.65. The topological polar surface area (TPSA) is 76.1 Å². The molecule has 0 saturated heterocycles. The van der Waals surface area contributed by atoms with Crippen molar-refractivity contribution in [3.63, 3.8) is 0 Å². The number of hydrogen-bond acceptors (Lipinski definition) is 5. The largest absolute Gasteiger partial charge is 0.496 e. The fraction of sp³-hybridized carbons (Fsp3) is 0.231. The molecule has 0 radical (unpaired) electrons. The smallest absolute Gasteiger partial charge is 0.333 e. The number of aromatic amines is 1. The molecule has 182 valence electrons. The normalized spacial score (nSPS) is 11.6. The molecule has 0 amide bonds. The molecule has 0 spiro atoms. The zero-order chi connectivity index (χ0) is 25.5. The molecule has 4 aromatic rings. The number of halogens is 2. The SMILES string of the molecule is COc1c(C(C)(C)C)cc(-n2cc(F)c(=O)[nH]c2=O)c(F)c1-c1ccc2cc(NSC)ccc2c1. The van der Waals surface area contributed by atoms with Gasteiger partial charge in [0.25, 0.3) is 5.56 Å². The molecule has 6 nitrogen and oxygen atoms in total. The number of anilines is 1. The Morgan fingerprint density at radius 1 is 1.03 bits per heavy atom. The van der Waals surface area contributed by atoms with E-state index in [-0.39, 0.29) is 11.3 Å². The maximum atomic E-state index is 16.2. The summed E-state index contributed by atoms with van der Waals surface area (Å²) in [5, 5.41) is 1.84. The number of nitrogens with zero attached hydrogens (tertiary/aromatic N) is 1. The highest BCUT2D eigenvalue weighted by molar-refractivity contribution is 7.99. The first-order valence-electron chi connectivity index (χ1n) is 10.8. The molecule has 0 aliphatic rings. The minimum atomic E-state index is -1.20. The maximum Gasteiger partial charge on any atom is 0.333 e. The monoisotopic (exact) mass is 497 g/mol. The molecule has 0 saturated carbocycles. The van der Waals surface area contributed by atoms with Crippen molar-refractivity contribution in [2.24, 2.45) is 0 Å². The van der Waals surface area contributed by atoms with Gasteiger partial charge in [-0.25, -0.2) is 9.18 Å². The highest BCUT2D eigenvalue weighted by Gasteiger charge is 2.28. The van der Waals surface area contributed by atoms with E-state index < -0.39 is 28.3 Å². The van der Waals surface area contributed by atoms with E-state index in [0.717, 1.165) is 21.0 Å². The van der Waals surface area contributed by atoms with Crippen LogP contribution in [0.1, 0.15) is 26.3 Å². The van der Waals surface area contributed by atoms with Crippen LogP contribution in [0.3, 0.4) is 0 Å². The molecule has 9 heteroatoms. The van der Waals surface area contributed by atoms with Gasteiger partial charge < -0.3 is 9.46 Å². The van der Waals surface area contributed by atoms with E-state index in [0.29, 0.717) is 23.1 Å². The van der Waals surface area contributed by atoms with Crippen molar-refractivity contribution >= 4 is 28.4 Å². The van der Waals surface area contributed by atoms with Gasteiger partial charge in [-0.05, 0) is 46.0 Å². The number of rotatable bonds is 5. The van der Waals surface area contributed by atoms with Gasteiger partial charge in [-0.1, -0.05) is 50.9 Å². The van der Waals surface area contributed by atoms with E-state index in [1.54, 1.807) is 6.07 Å². The number of ether oxygens (including phenoxy) is 1. The highest BCUT2D eigenvalue weighted by atomic mass is 32.2. The van der Waals surface area contributed by atoms with Crippen molar-refractivity contribution in [2.75, 3.05) is 18.1 Å². The predicted molar refractivity (Wildman–Crippen MR) is 138 cm³/mol. The molecule has 0 unspecified atom stereocenters. The summed E-state index contributed by atoms with van der Waals surface area (Å²) in [6.07, 6.45) is 2.63. The van der Waals surface area contributed by atoms with Crippen LogP contribution < -0.4 is 20.7 Å². The number of methoxy groups -OCH3 is 1. The molecular formula is C26H25F2N3O3S. The van der Waals surface area contributed by atoms with E-state index in [1.807, 2.05) is 62.3 Å². The Bertz CT molecular complexity index is 1550. The highest BCUT2D eigenvalue weighted by Crippen LogP contribution is 2.44. The number of H-pyrrole nitrogens is 1. The molecule has 3 aromatic carbocycles. The van der Waals surface area contributed by atoms with E-state index in [1.165, 1.54) is 25.1 Å². The van der Waals surface area contributed by atoms with Crippen LogP contribution in [0.15, 0.2) is 58.3 Å². The number of benzene rings is 3. The summed E-state index contributed by atoms with van der Waals surface area (Å²) in [5.41, 5.74) is -0.584. The van der Waals surface area contributed by atoms with Crippen LogP contribution in [0, 0.1) is 11.6 Å². The van der Waals surface area contributed by atoms with Crippen LogP contribution in [-0.4, -0.2) is 22.9 Å². The van der Waals surface area contributed by atoms with Crippen LogP contribution in [0.4, 0.5) is 14.5 Å². The zero-order valence-corrected chi connectivity index (χ0v) is 20.8. The van der Waals surface area contributed by atoms with E-state index in [9.17, 15) is 14.0 Å². The quantitative estimate of drug-likeness (QED) is 0.350. The summed E-state index contributed by atoms with van der Waals surface area (Å²) < 4.78 is 39.9. The minimum Gasteiger partial charge on any atom is -0.496 e. The molecule has 2 N–H and O–H groups in total. The predicted octanol–water partition coefficient (Wildman–Crippen LogP) is 5.62. The summed E-state index contributed by atoms with van der Waals surface area (Å²) in [4.78, 5) is 25.9. The lowest BCUT2D eigenvalue weighted by Gasteiger charge is -2.26.